The van der Waals surface area contributed by atoms with Crippen molar-refractivity contribution in [2.24, 2.45) is 0 Å². The lowest BCUT2D eigenvalue weighted by molar-refractivity contribution is -0.274. The van der Waals surface area contributed by atoms with Crippen LogP contribution in [0.15, 0.2) is 12.3 Å². The highest BCUT2D eigenvalue weighted by Crippen LogP contribution is 2.30. The normalized spacial score (nSPS) is 11.5. The summed E-state index contributed by atoms with van der Waals surface area (Å²) in [6.07, 6.45) is -3.53. The van der Waals surface area contributed by atoms with Crippen LogP contribution in [0.1, 0.15) is 5.69 Å². The van der Waals surface area contributed by atoms with E-state index >= 15 is 0 Å². The summed E-state index contributed by atoms with van der Waals surface area (Å²) in [7, 11) is 0. The predicted molar refractivity (Wildman–Crippen MR) is 40.7 cm³/mol. The molecule has 0 aliphatic heterocycles. The highest BCUT2D eigenvalue weighted by atomic mass is 35.5. The maximum absolute atomic E-state index is 11.8. The second-order valence-corrected chi connectivity index (χ2v) is 2.63. The number of ether oxygens (including phenoxy) is 1. The second kappa shape index (κ2) is 3.41. The van der Waals surface area contributed by atoms with Gasteiger partial charge in [0.1, 0.15) is 5.02 Å². The Balaban J connectivity index is 2.96. The third-order valence-electron chi connectivity index (χ3n) is 1.25. The Morgan fingerprint density at radius 1 is 1.46 bits per heavy atom. The zero-order chi connectivity index (χ0) is 10.1. The molecule has 0 N–H and O–H groups in total. The number of hydrogen-bond acceptors (Lipinski definition) is 2. The maximum Gasteiger partial charge on any atom is 0.573 e. The average Bonchev–Trinajstić information content (AvgIpc) is 1.96. The number of alkyl halides is 3. The van der Waals surface area contributed by atoms with Crippen molar-refractivity contribution in [3.05, 3.63) is 23.0 Å². The molecule has 0 radical (unpaired) electrons. The highest BCUT2D eigenvalue weighted by molar-refractivity contribution is 6.32. The van der Waals surface area contributed by atoms with Gasteiger partial charge in [0.2, 0.25) is 0 Å². The zero-order valence-corrected chi connectivity index (χ0v) is 7.28. The van der Waals surface area contributed by atoms with Crippen LogP contribution in [0.3, 0.4) is 0 Å². The monoisotopic (exact) mass is 211 g/mol. The lowest BCUT2D eigenvalue weighted by atomic mass is 10.3. The van der Waals surface area contributed by atoms with Gasteiger partial charge in [0.15, 0.2) is 5.75 Å². The van der Waals surface area contributed by atoms with Crippen LogP contribution in [0.2, 0.25) is 5.02 Å². The fourth-order valence-corrected chi connectivity index (χ4v) is 0.879. The van der Waals surface area contributed by atoms with Crippen LogP contribution in [-0.4, -0.2) is 11.3 Å². The third-order valence-corrected chi connectivity index (χ3v) is 1.71. The van der Waals surface area contributed by atoms with Gasteiger partial charge in [0, 0.05) is 12.3 Å². The molecule has 0 saturated heterocycles. The Kier molecular flexibility index (Phi) is 2.66. The van der Waals surface area contributed by atoms with E-state index in [0.717, 1.165) is 6.07 Å². The third kappa shape index (κ3) is 2.77. The van der Waals surface area contributed by atoms with E-state index in [1.54, 1.807) is 0 Å². The summed E-state index contributed by atoms with van der Waals surface area (Å²) in [4.78, 5) is 3.69. The standard InChI is InChI=1S/C7H5ClF3NO/c1-4-6(8)5(2-3-12-4)13-7(9,10)11/h2-3H,1H3. The van der Waals surface area contributed by atoms with Gasteiger partial charge in [-0.1, -0.05) is 11.6 Å². The molecule has 72 valence electrons. The van der Waals surface area contributed by atoms with Gasteiger partial charge in [-0.15, -0.1) is 13.2 Å². The second-order valence-electron chi connectivity index (χ2n) is 2.26. The molecule has 6 heteroatoms. The molecule has 0 aromatic carbocycles. The van der Waals surface area contributed by atoms with Crippen LogP contribution in [0.5, 0.6) is 5.75 Å². The van der Waals surface area contributed by atoms with E-state index < -0.39 is 12.1 Å². The van der Waals surface area contributed by atoms with E-state index in [9.17, 15) is 13.2 Å². The minimum atomic E-state index is -4.72. The van der Waals surface area contributed by atoms with Crippen molar-refractivity contribution in [2.45, 2.75) is 13.3 Å². The Morgan fingerprint density at radius 3 is 2.62 bits per heavy atom. The zero-order valence-electron chi connectivity index (χ0n) is 6.52. The van der Waals surface area contributed by atoms with E-state index in [1.807, 2.05) is 0 Å². The summed E-state index contributed by atoms with van der Waals surface area (Å²) in [5, 5.41) is -0.125. The number of aryl methyl sites for hydroxylation is 1. The van der Waals surface area contributed by atoms with Crippen molar-refractivity contribution in [3.63, 3.8) is 0 Å². The first-order valence-corrected chi connectivity index (χ1v) is 3.65. The molecule has 0 amide bonds. The number of aromatic nitrogens is 1. The van der Waals surface area contributed by atoms with Crippen LogP contribution in [-0.2, 0) is 0 Å². The fraction of sp³-hybridized carbons (Fsp3) is 0.286. The van der Waals surface area contributed by atoms with Crippen LogP contribution in [0.25, 0.3) is 0 Å². The Labute approximate surface area is 77.3 Å². The minimum absolute atomic E-state index is 0.125. The lowest BCUT2D eigenvalue weighted by Gasteiger charge is -2.10. The first-order chi connectivity index (χ1) is 5.90. The summed E-state index contributed by atoms with van der Waals surface area (Å²) in [6.45, 7) is 1.49. The van der Waals surface area contributed by atoms with E-state index in [0.29, 0.717) is 5.69 Å². The molecular weight excluding hydrogens is 207 g/mol. The van der Waals surface area contributed by atoms with Crippen LogP contribution < -0.4 is 4.74 Å². The number of hydrogen-bond donors (Lipinski definition) is 0. The van der Waals surface area contributed by atoms with Crippen molar-refractivity contribution < 1.29 is 17.9 Å². The quantitative estimate of drug-likeness (QED) is 0.713. The molecular formula is C7H5ClF3NO. The van der Waals surface area contributed by atoms with Crippen molar-refractivity contribution in [2.75, 3.05) is 0 Å². The SMILES string of the molecule is Cc1nccc(OC(F)(F)F)c1Cl. The van der Waals surface area contributed by atoms with Crippen LogP contribution in [0.4, 0.5) is 13.2 Å². The fourth-order valence-electron chi connectivity index (χ4n) is 0.728. The molecule has 13 heavy (non-hydrogen) atoms. The topological polar surface area (TPSA) is 22.1 Å². The molecule has 1 heterocycles. The van der Waals surface area contributed by atoms with E-state index in [4.69, 9.17) is 11.6 Å². The van der Waals surface area contributed by atoms with Crippen molar-refractivity contribution in [3.8, 4) is 5.75 Å². The van der Waals surface area contributed by atoms with Crippen molar-refractivity contribution in [1.82, 2.24) is 4.98 Å². The molecule has 0 fully saturated rings. The minimum Gasteiger partial charge on any atom is -0.404 e. The number of halogens is 4. The maximum atomic E-state index is 11.8. The predicted octanol–water partition coefficient (Wildman–Crippen LogP) is 2.94. The van der Waals surface area contributed by atoms with Crippen LogP contribution in [0, 0.1) is 6.92 Å². The molecule has 0 atom stereocenters. The number of pyridine rings is 1. The smallest absolute Gasteiger partial charge is 0.404 e. The summed E-state index contributed by atoms with van der Waals surface area (Å²) < 4.78 is 38.9. The van der Waals surface area contributed by atoms with E-state index in [-0.39, 0.29) is 5.02 Å². The van der Waals surface area contributed by atoms with Gasteiger partial charge >= 0.3 is 6.36 Å². The van der Waals surface area contributed by atoms with E-state index in [1.165, 1.54) is 13.1 Å². The molecule has 0 saturated carbocycles. The molecule has 0 aliphatic rings. The number of rotatable bonds is 1. The van der Waals surface area contributed by atoms with Gasteiger partial charge in [-0.25, -0.2) is 0 Å². The molecule has 1 aromatic rings. The van der Waals surface area contributed by atoms with Gasteiger partial charge in [-0.3, -0.25) is 4.98 Å². The molecule has 1 rings (SSSR count). The average molecular weight is 212 g/mol. The highest BCUT2D eigenvalue weighted by Gasteiger charge is 2.32. The van der Waals surface area contributed by atoms with Gasteiger partial charge in [0.05, 0.1) is 5.69 Å². The first-order valence-electron chi connectivity index (χ1n) is 3.27. The summed E-state index contributed by atoms with van der Waals surface area (Å²) >= 11 is 5.51. The van der Waals surface area contributed by atoms with Gasteiger partial charge < -0.3 is 4.74 Å². The molecule has 2 nitrogen and oxygen atoms in total. The lowest BCUT2D eigenvalue weighted by Crippen LogP contribution is -2.17. The Bertz CT molecular complexity index is 313. The van der Waals surface area contributed by atoms with Crippen molar-refractivity contribution >= 4 is 11.6 Å². The molecule has 0 unspecified atom stereocenters. The van der Waals surface area contributed by atoms with Crippen LogP contribution >= 0.6 is 11.6 Å². The van der Waals surface area contributed by atoms with Gasteiger partial charge in [-0.2, -0.15) is 0 Å². The number of nitrogens with zero attached hydrogens (tertiary/aromatic N) is 1. The van der Waals surface area contributed by atoms with Crippen molar-refractivity contribution in [1.29, 1.82) is 0 Å². The molecule has 1 aromatic heterocycles. The Hall–Kier alpha value is -0.970. The molecule has 0 bridgehead atoms. The summed E-state index contributed by atoms with van der Waals surface area (Å²) in [5.74, 6) is -0.429. The van der Waals surface area contributed by atoms with E-state index in [2.05, 4.69) is 9.72 Å². The first kappa shape index (κ1) is 10.1. The largest absolute Gasteiger partial charge is 0.573 e. The summed E-state index contributed by atoms with van der Waals surface area (Å²) in [6, 6.07) is 1.06. The van der Waals surface area contributed by atoms with Gasteiger partial charge in [-0.05, 0) is 6.92 Å². The molecule has 0 aliphatic carbocycles. The van der Waals surface area contributed by atoms with Gasteiger partial charge in [0.25, 0.3) is 0 Å². The molecule has 0 spiro atoms. The summed E-state index contributed by atoms with van der Waals surface area (Å²) in [5.41, 5.74) is 0.295. The Morgan fingerprint density at radius 2 is 2.08 bits per heavy atom.